The lowest BCUT2D eigenvalue weighted by molar-refractivity contribution is 0.722. The number of hydrogen-bond donors (Lipinski definition) is 1. The second-order valence-corrected chi connectivity index (χ2v) is 4.32. The van der Waals surface area contributed by atoms with Crippen LogP contribution in [0.1, 0.15) is 12.6 Å². The molecule has 0 aliphatic rings. The van der Waals surface area contributed by atoms with E-state index in [2.05, 4.69) is 20.4 Å². The van der Waals surface area contributed by atoms with E-state index in [1.165, 1.54) is 0 Å². The summed E-state index contributed by atoms with van der Waals surface area (Å²) >= 11 is 0. The summed E-state index contributed by atoms with van der Waals surface area (Å²) < 4.78 is 3.15. The Hall–Kier alpha value is -2.70. The van der Waals surface area contributed by atoms with Crippen molar-refractivity contribution in [2.45, 2.75) is 13.5 Å². The zero-order chi connectivity index (χ0) is 13.9. The molecule has 0 radical (unpaired) electrons. The highest BCUT2D eigenvalue weighted by atomic mass is 16.1. The van der Waals surface area contributed by atoms with Crippen molar-refractivity contribution in [2.75, 3.05) is 11.9 Å². The van der Waals surface area contributed by atoms with Crippen molar-refractivity contribution in [3.8, 4) is 0 Å². The van der Waals surface area contributed by atoms with E-state index < -0.39 is 0 Å². The molecule has 102 valence electrons. The van der Waals surface area contributed by atoms with E-state index in [9.17, 15) is 4.79 Å². The van der Waals surface area contributed by atoms with Gasteiger partial charge in [0.2, 0.25) is 0 Å². The number of anilines is 1. The Labute approximate surface area is 114 Å². The Morgan fingerprint density at radius 2 is 2.15 bits per heavy atom. The summed E-state index contributed by atoms with van der Waals surface area (Å²) in [7, 11) is 0. The number of nitrogens with zero attached hydrogens (tertiary/aromatic N) is 5. The summed E-state index contributed by atoms with van der Waals surface area (Å²) in [5, 5.41) is 7.10. The quantitative estimate of drug-likeness (QED) is 0.757. The van der Waals surface area contributed by atoms with Crippen molar-refractivity contribution >= 4 is 11.3 Å². The molecule has 20 heavy (non-hydrogen) atoms. The van der Waals surface area contributed by atoms with Gasteiger partial charge in [0.25, 0.3) is 5.56 Å². The Morgan fingerprint density at radius 3 is 2.90 bits per heavy atom. The minimum atomic E-state index is -0.0949. The van der Waals surface area contributed by atoms with E-state index in [0.717, 1.165) is 18.1 Å². The van der Waals surface area contributed by atoms with Crippen LogP contribution in [0.25, 0.3) is 5.52 Å². The zero-order valence-electron chi connectivity index (χ0n) is 11.0. The van der Waals surface area contributed by atoms with Crippen LogP contribution in [0.2, 0.25) is 0 Å². The van der Waals surface area contributed by atoms with Crippen LogP contribution < -0.4 is 10.9 Å². The van der Waals surface area contributed by atoms with Crippen LogP contribution in [0, 0.1) is 0 Å². The third-order valence-corrected chi connectivity index (χ3v) is 2.93. The summed E-state index contributed by atoms with van der Waals surface area (Å²) in [5.41, 5.74) is 1.19. The van der Waals surface area contributed by atoms with Crippen molar-refractivity contribution in [1.82, 2.24) is 24.1 Å². The summed E-state index contributed by atoms with van der Waals surface area (Å²) in [4.78, 5) is 20.7. The summed E-state index contributed by atoms with van der Waals surface area (Å²) in [6.07, 6.45) is 8.39. The van der Waals surface area contributed by atoms with Crippen molar-refractivity contribution in [3.63, 3.8) is 0 Å². The Kier molecular flexibility index (Phi) is 3.16. The fourth-order valence-electron chi connectivity index (χ4n) is 1.97. The zero-order valence-corrected chi connectivity index (χ0v) is 11.0. The van der Waals surface area contributed by atoms with Gasteiger partial charge < -0.3 is 9.88 Å². The van der Waals surface area contributed by atoms with E-state index in [-0.39, 0.29) is 5.56 Å². The molecular formula is C13H14N6O. The predicted molar refractivity (Wildman–Crippen MR) is 74.7 cm³/mol. The van der Waals surface area contributed by atoms with Crippen LogP contribution in [0.4, 0.5) is 5.82 Å². The van der Waals surface area contributed by atoms with E-state index in [1.807, 2.05) is 6.92 Å². The van der Waals surface area contributed by atoms with Gasteiger partial charge in [-0.25, -0.2) is 9.50 Å². The third kappa shape index (κ3) is 2.25. The molecule has 0 aliphatic heterocycles. The molecule has 0 unspecified atom stereocenters. The van der Waals surface area contributed by atoms with Crippen LogP contribution in [0.5, 0.6) is 0 Å². The van der Waals surface area contributed by atoms with Crippen LogP contribution in [0.15, 0.2) is 41.8 Å². The lowest BCUT2D eigenvalue weighted by atomic mass is 10.4. The molecule has 0 saturated heterocycles. The maximum Gasteiger partial charge on any atom is 0.276 e. The molecule has 7 heteroatoms. The van der Waals surface area contributed by atoms with Gasteiger partial charge >= 0.3 is 0 Å². The minimum absolute atomic E-state index is 0.0949. The summed E-state index contributed by atoms with van der Waals surface area (Å²) in [6.45, 7) is 3.18. The van der Waals surface area contributed by atoms with Gasteiger partial charge in [-0.05, 0) is 13.0 Å². The van der Waals surface area contributed by atoms with Crippen molar-refractivity contribution in [1.29, 1.82) is 0 Å². The summed E-state index contributed by atoms with van der Waals surface area (Å²) in [6, 6.07) is 1.69. The Bertz CT molecular complexity index is 773. The second kappa shape index (κ2) is 5.12. The lowest BCUT2D eigenvalue weighted by Gasteiger charge is -2.06. The molecule has 0 fully saturated rings. The molecule has 3 aromatic heterocycles. The average molecular weight is 270 g/mol. The SMILES string of the molecule is CCNc1cnc(Cn2ccn3nccc3c2=O)cn1. The topological polar surface area (TPSA) is 77.1 Å². The highest BCUT2D eigenvalue weighted by Crippen LogP contribution is 2.02. The predicted octanol–water partition coefficient (Wildman–Crippen LogP) is 0.766. The monoisotopic (exact) mass is 270 g/mol. The van der Waals surface area contributed by atoms with Gasteiger partial charge in [-0.15, -0.1) is 0 Å². The highest BCUT2D eigenvalue weighted by Gasteiger charge is 2.05. The molecule has 0 bridgehead atoms. The Balaban J connectivity index is 1.88. The molecule has 0 aliphatic carbocycles. The maximum absolute atomic E-state index is 12.2. The smallest absolute Gasteiger partial charge is 0.276 e. The van der Waals surface area contributed by atoms with Gasteiger partial charge in [-0.1, -0.05) is 0 Å². The first-order chi connectivity index (χ1) is 9.78. The third-order valence-electron chi connectivity index (χ3n) is 2.93. The molecule has 3 aromatic rings. The molecular weight excluding hydrogens is 256 g/mol. The number of aromatic nitrogens is 5. The van der Waals surface area contributed by atoms with Crippen molar-refractivity contribution in [3.05, 3.63) is 53.1 Å². The molecule has 3 heterocycles. The van der Waals surface area contributed by atoms with Crippen LogP contribution in [0.3, 0.4) is 0 Å². The van der Waals surface area contributed by atoms with Gasteiger partial charge in [0.15, 0.2) is 0 Å². The van der Waals surface area contributed by atoms with Crippen molar-refractivity contribution in [2.24, 2.45) is 0 Å². The van der Waals surface area contributed by atoms with E-state index in [0.29, 0.717) is 12.1 Å². The Morgan fingerprint density at radius 1 is 1.25 bits per heavy atom. The normalized spacial score (nSPS) is 10.8. The first-order valence-corrected chi connectivity index (χ1v) is 6.35. The van der Waals surface area contributed by atoms with Crippen molar-refractivity contribution < 1.29 is 0 Å². The fraction of sp³-hybridized carbons (Fsp3) is 0.231. The molecule has 0 atom stereocenters. The molecule has 0 saturated carbocycles. The van der Waals surface area contributed by atoms with Gasteiger partial charge in [0, 0.05) is 18.9 Å². The van der Waals surface area contributed by atoms with Gasteiger partial charge in [-0.3, -0.25) is 9.78 Å². The van der Waals surface area contributed by atoms with Crippen LogP contribution in [-0.2, 0) is 6.54 Å². The number of nitrogens with one attached hydrogen (secondary N) is 1. The molecule has 3 rings (SSSR count). The highest BCUT2D eigenvalue weighted by molar-refractivity contribution is 5.42. The number of rotatable bonds is 4. The first-order valence-electron chi connectivity index (χ1n) is 6.35. The second-order valence-electron chi connectivity index (χ2n) is 4.32. The first kappa shape index (κ1) is 12.3. The molecule has 0 aromatic carbocycles. The van der Waals surface area contributed by atoms with E-state index in [4.69, 9.17) is 0 Å². The number of hydrogen-bond acceptors (Lipinski definition) is 5. The molecule has 7 nitrogen and oxygen atoms in total. The maximum atomic E-state index is 12.2. The molecule has 0 spiro atoms. The van der Waals surface area contributed by atoms with Gasteiger partial charge in [0.1, 0.15) is 11.3 Å². The molecule has 0 amide bonds. The van der Waals surface area contributed by atoms with Crippen LogP contribution >= 0.6 is 0 Å². The number of fused-ring (bicyclic) bond motifs is 1. The van der Waals surface area contributed by atoms with E-state index >= 15 is 0 Å². The van der Waals surface area contributed by atoms with Gasteiger partial charge in [0.05, 0.1) is 30.8 Å². The standard InChI is InChI=1S/C13H14N6O/c1-2-14-12-8-15-10(7-16-12)9-18-5-6-19-11(13(18)20)3-4-17-19/h3-8H,2,9H2,1H3,(H,14,16). The molecule has 1 N–H and O–H groups in total. The minimum Gasteiger partial charge on any atom is -0.369 e. The average Bonchev–Trinajstić information content (AvgIpc) is 2.94. The summed E-state index contributed by atoms with van der Waals surface area (Å²) in [5.74, 6) is 0.731. The lowest BCUT2D eigenvalue weighted by Crippen LogP contribution is -2.22. The largest absolute Gasteiger partial charge is 0.369 e. The fourth-order valence-corrected chi connectivity index (χ4v) is 1.97. The van der Waals surface area contributed by atoms with E-state index in [1.54, 1.807) is 46.1 Å². The van der Waals surface area contributed by atoms with Gasteiger partial charge in [-0.2, -0.15) is 5.10 Å². The van der Waals surface area contributed by atoms with Crippen LogP contribution in [-0.4, -0.2) is 30.7 Å².